The van der Waals surface area contributed by atoms with Gasteiger partial charge in [-0.15, -0.1) is 0 Å². The Hall–Kier alpha value is -1.79. The second-order valence-electron chi connectivity index (χ2n) is 5.36. The minimum atomic E-state index is -1.27. The second-order valence-corrected chi connectivity index (χ2v) is 5.36. The smallest absolute Gasteiger partial charge is 0.326 e. The molecule has 1 fully saturated rings. The Labute approximate surface area is 124 Å². The van der Waals surface area contributed by atoms with E-state index in [0.29, 0.717) is 12.5 Å². The number of carboxylic acid groups (broad SMARTS) is 1. The molecule has 1 aliphatic rings. The van der Waals surface area contributed by atoms with Crippen LogP contribution < -0.4 is 10.6 Å². The van der Waals surface area contributed by atoms with E-state index in [1.54, 1.807) is 0 Å². The number of amides is 2. The van der Waals surface area contributed by atoms with Crippen molar-refractivity contribution in [1.29, 1.82) is 0 Å². The summed E-state index contributed by atoms with van der Waals surface area (Å²) in [6, 6.07) is -1.84. The minimum Gasteiger partial charge on any atom is -0.480 e. The highest BCUT2D eigenvalue weighted by Gasteiger charge is 2.23. The Morgan fingerprint density at radius 3 is 2.48 bits per heavy atom. The molecule has 1 atom stereocenters. The van der Waals surface area contributed by atoms with Gasteiger partial charge in [-0.05, 0) is 12.3 Å². The van der Waals surface area contributed by atoms with Crippen LogP contribution in [0.1, 0.15) is 44.9 Å². The zero-order valence-corrected chi connectivity index (χ0v) is 12.4. The Bertz CT molecular complexity index is 366. The summed E-state index contributed by atoms with van der Waals surface area (Å²) >= 11 is 0. The van der Waals surface area contributed by atoms with Gasteiger partial charge in [0, 0.05) is 6.54 Å². The fourth-order valence-electron chi connectivity index (χ4n) is 2.52. The predicted molar refractivity (Wildman–Crippen MR) is 75.8 cm³/mol. The summed E-state index contributed by atoms with van der Waals surface area (Å²) in [7, 11) is 1.17. The molecule has 1 saturated carbocycles. The van der Waals surface area contributed by atoms with Crippen LogP contribution in [-0.2, 0) is 14.3 Å². The van der Waals surface area contributed by atoms with Crippen molar-refractivity contribution >= 4 is 18.0 Å². The molecule has 120 valence electrons. The SMILES string of the molecule is COC(=O)C[C@H](NC(=O)NCCC1CCCCC1)C(=O)O. The van der Waals surface area contributed by atoms with Crippen LogP contribution in [0.2, 0.25) is 0 Å². The first-order chi connectivity index (χ1) is 10.0. The van der Waals surface area contributed by atoms with Crippen molar-refractivity contribution in [3.63, 3.8) is 0 Å². The van der Waals surface area contributed by atoms with Gasteiger partial charge in [0.15, 0.2) is 0 Å². The van der Waals surface area contributed by atoms with E-state index < -0.39 is 24.0 Å². The first-order valence-corrected chi connectivity index (χ1v) is 7.37. The average molecular weight is 300 g/mol. The molecule has 0 aromatic carbocycles. The zero-order valence-electron chi connectivity index (χ0n) is 12.4. The summed E-state index contributed by atoms with van der Waals surface area (Å²) in [4.78, 5) is 33.7. The van der Waals surface area contributed by atoms with E-state index >= 15 is 0 Å². The number of nitrogens with one attached hydrogen (secondary N) is 2. The molecule has 1 rings (SSSR count). The number of urea groups is 1. The van der Waals surface area contributed by atoms with Crippen LogP contribution in [-0.4, -0.2) is 42.8 Å². The molecule has 0 unspecified atom stereocenters. The molecular weight excluding hydrogens is 276 g/mol. The Morgan fingerprint density at radius 2 is 1.90 bits per heavy atom. The predicted octanol–water partition coefficient (Wildman–Crippen LogP) is 1.27. The molecule has 0 bridgehead atoms. The van der Waals surface area contributed by atoms with Gasteiger partial charge in [-0.25, -0.2) is 9.59 Å². The lowest BCUT2D eigenvalue weighted by atomic mass is 9.87. The number of aliphatic carboxylic acids is 1. The van der Waals surface area contributed by atoms with Crippen molar-refractivity contribution < 1.29 is 24.2 Å². The standard InChI is InChI=1S/C14H24N2O5/c1-21-12(17)9-11(13(18)19)16-14(20)15-8-7-10-5-3-2-4-6-10/h10-11H,2-9H2,1H3,(H,18,19)(H2,15,16,20)/t11-/m0/s1. The van der Waals surface area contributed by atoms with Crippen LogP contribution in [0.15, 0.2) is 0 Å². The lowest BCUT2D eigenvalue weighted by Crippen LogP contribution is -2.47. The zero-order chi connectivity index (χ0) is 15.7. The molecule has 0 spiro atoms. The molecule has 0 radical (unpaired) electrons. The summed E-state index contributed by atoms with van der Waals surface area (Å²) < 4.78 is 4.40. The number of carbonyl (C=O) groups excluding carboxylic acids is 2. The van der Waals surface area contributed by atoms with Gasteiger partial charge in [0.1, 0.15) is 6.04 Å². The van der Waals surface area contributed by atoms with Crippen molar-refractivity contribution in [3.8, 4) is 0 Å². The van der Waals surface area contributed by atoms with Gasteiger partial charge in [0.2, 0.25) is 0 Å². The van der Waals surface area contributed by atoms with E-state index in [-0.39, 0.29) is 6.42 Å². The van der Waals surface area contributed by atoms with Crippen molar-refractivity contribution in [2.24, 2.45) is 5.92 Å². The minimum absolute atomic E-state index is 0.387. The molecule has 0 aromatic rings. The fourth-order valence-corrected chi connectivity index (χ4v) is 2.52. The first kappa shape index (κ1) is 17.3. The number of hydrogen-bond acceptors (Lipinski definition) is 4. The van der Waals surface area contributed by atoms with Gasteiger partial charge in [-0.1, -0.05) is 32.1 Å². The van der Waals surface area contributed by atoms with Crippen LogP contribution in [0.3, 0.4) is 0 Å². The monoisotopic (exact) mass is 300 g/mol. The number of carbonyl (C=O) groups is 3. The molecule has 7 nitrogen and oxygen atoms in total. The van der Waals surface area contributed by atoms with Crippen LogP contribution in [0.25, 0.3) is 0 Å². The maximum Gasteiger partial charge on any atom is 0.326 e. The Balaban J connectivity index is 2.26. The largest absolute Gasteiger partial charge is 0.480 e. The molecule has 0 aliphatic heterocycles. The molecule has 0 aromatic heterocycles. The van der Waals surface area contributed by atoms with Gasteiger partial charge in [0.25, 0.3) is 0 Å². The summed E-state index contributed by atoms with van der Waals surface area (Å²) in [5.74, 6) is -1.29. The molecule has 7 heteroatoms. The highest BCUT2D eigenvalue weighted by atomic mass is 16.5. The number of esters is 1. The quantitative estimate of drug-likeness (QED) is 0.614. The number of methoxy groups -OCH3 is 1. The lowest BCUT2D eigenvalue weighted by molar-refractivity contribution is -0.147. The molecular formula is C14H24N2O5. The van der Waals surface area contributed by atoms with E-state index in [9.17, 15) is 14.4 Å². The molecule has 3 N–H and O–H groups in total. The topological polar surface area (TPSA) is 105 Å². The molecule has 2 amide bonds. The molecule has 1 aliphatic carbocycles. The summed E-state index contributed by atoms with van der Waals surface area (Å²) in [6.07, 6.45) is 6.70. The van der Waals surface area contributed by atoms with Gasteiger partial charge in [-0.2, -0.15) is 0 Å². The van der Waals surface area contributed by atoms with E-state index in [1.807, 2.05) is 0 Å². The van der Waals surface area contributed by atoms with E-state index in [0.717, 1.165) is 6.42 Å². The maximum atomic E-state index is 11.6. The second kappa shape index (κ2) is 9.20. The van der Waals surface area contributed by atoms with E-state index in [1.165, 1.54) is 39.2 Å². The lowest BCUT2D eigenvalue weighted by Gasteiger charge is -2.21. The van der Waals surface area contributed by atoms with Crippen LogP contribution in [0.5, 0.6) is 0 Å². The third kappa shape index (κ3) is 6.97. The molecule has 0 saturated heterocycles. The van der Waals surface area contributed by atoms with Gasteiger partial charge in [-0.3, -0.25) is 4.79 Å². The number of hydrogen-bond donors (Lipinski definition) is 3. The van der Waals surface area contributed by atoms with Gasteiger partial charge >= 0.3 is 18.0 Å². The third-order valence-electron chi connectivity index (χ3n) is 3.76. The van der Waals surface area contributed by atoms with Gasteiger partial charge in [0.05, 0.1) is 13.5 Å². The van der Waals surface area contributed by atoms with Gasteiger partial charge < -0.3 is 20.5 Å². The summed E-state index contributed by atoms with van der Waals surface area (Å²) in [6.45, 7) is 0.515. The Morgan fingerprint density at radius 1 is 1.24 bits per heavy atom. The molecule has 0 heterocycles. The fraction of sp³-hybridized carbons (Fsp3) is 0.786. The Kier molecular flexibility index (Phi) is 7.56. The van der Waals surface area contributed by atoms with Crippen LogP contribution >= 0.6 is 0 Å². The van der Waals surface area contributed by atoms with Crippen molar-refractivity contribution in [3.05, 3.63) is 0 Å². The summed E-state index contributed by atoms with van der Waals surface area (Å²) in [5, 5.41) is 13.9. The molecule has 21 heavy (non-hydrogen) atoms. The first-order valence-electron chi connectivity index (χ1n) is 7.37. The third-order valence-corrected chi connectivity index (χ3v) is 3.76. The van der Waals surface area contributed by atoms with Crippen molar-refractivity contribution in [1.82, 2.24) is 10.6 Å². The van der Waals surface area contributed by atoms with Crippen LogP contribution in [0.4, 0.5) is 4.79 Å². The van der Waals surface area contributed by atoms with Crippen LogP contribution in [0, 0.1) is 5.92 Å². The van der Waals surface area contributed by atoms with E-state index in [2.05, 4.69) is 15.4 Å². The normalized spacial score (nSPS) is 16.8. The maximum absolute atomic E-state index is 11.6. The van der Waals surface area contributed by atoms with E-state index in [4.69, 9.17) is 5.11 Å². The van der Waals surface area contributed by atoms with Crippen molar-refractivity contribution in [2.45, 2.75) is 51.0 Å². The highest BCUT2D eigenvalue weighted by Crippen LogP contribution is 2.25. The number of rotatable bonds is 7. The summed E-state index contributed by atoms with van der Waals surface area (Å²) in [5.41, 5.74) is 0. The number of ether oxygens (including phenoxy) is 1. The highest BCUT2D eigenvalue weighted by molar-refractivity contribution is 5.86. The number of carboxylic acids is 1. The van der Waals surface area contributed by atoms with Crippen molar-refractivity contribution in [2.75, 3.05) is 13.7 Å². The average Bonchev–Trinajstić information content (AvgIpc) is 2.47.